The van der Waals surface area contributed by atoms with Crippen molar-refractivity contribution in [3.8, 4) is 0 Å². The molecule has 4 nitrogen and oxygen atoms in total. The van der Waals surface area contributed by atoms with Crippen molar-refractivity contribution in [2.24, 2.45) is 7.05 Å². The van der Waals surface area contributed by atoms with Gasteiger partial charge in [0.1, 0.15) is 5.82 Å². The average Bonchev–Trinajstić information content (AvgIpc) is 2.70. The smallest absolute Gasteiger partial charge is 0.123 e. The summed E-state index contributed by atoms with van der Waals surface area (Å²) in [5.41, 5.74) is 4.12. The number of aliphatic hydroxyl groups is 1. The molecule has 0 aliphatic rings. The SMILES string of the molecule is Cc1nn(C)c(C)c1CN[C@H](C)C[C@H](O)c1ccc(F)cc1. The fourth-order valence-corrected chi connectivity index (χ4v) is 2.59. The molecule has 2 N–H and O–H groups in total. The molecular formula is C17H24FN3O. The minimum absolute atomic E-state index is 0.138. The van der Waals surface area contributed by atoms with Crippen molar-refractivity contribution < 1.29 is 9.50 Å². The summed E-state index contributed by atoms with van der Waals surface area (Å²) in [6.45, 7) is 6.81. The second-order valence-corrected chi connectivity index (χ2v) is 5.86. The molecular weight excluding hydrogens is 281 g/mol. The van der Waals surface area contributed by atoms with Gasteiger partial charge in [0.2, 0.25) is 0 Å². The molecule has 2 aromatic rings. The number of aromatic nitrogens is 2. The molecule has 0 aliphatic heterocycles. The topological polar surface area (TPSA) is 50.1 Å². The first-order valence-corrected chi connectivity index (χ1v) is 7.54. The second-order valence-electron chi connectivity index (χ2n) is 5.86. The van der Waals surface area contributed by atoms with Crippen molar-refractivity contribution in [1.82, 2.24) is 15.1 Å². The summed E-state index contributed by atoms with van der Waals surface area (Å²) in [6.07, 6.45) is -0.0246. The normalized spacial score (nSPS) is 14.1. The van der Waals surface area contributed by atoms with Gasteiger partial charge >= 0.3 is 0 Å². The Morgan fingerprint density at radius 1 is 1.27 bits per heavy atom. The molecule has 0 bridgehead atoms. The highest BCUT2D eigenvalue weighted by Crippen LogP contribution is 2.19. The molecule has 0 saturated heterocycles. The van der Waals surface area contributed by atoms with E-state index >= 15 is 0 Å². The molecule has 0 fully saturated rings. The van der Waals surface area contributed by atoms with Crippen LogP contribution in [0.3, 0.4) is 0 Å². The van der Waals surface area contributed by atoms with Gasteiger partial charge in [0.05, 0.1) is 11.8 Å². The van der Waals surface area contributed by atoms with Crippen molar-refractivity contribution in [3.05, 3.63) is 52.6 Å². The number of nitrogens with one attached hydrogen (secondary N) is 1. The van der Waals surface area contributed by atoms with Gasteiger partial charge < -0.3 is 10.4 Å². The zero-order chi connectivity index (χ0) is 16.3. The summed E-state index contributed by atoms with van der Waals surface area (Å²) < 4.78 is 14.8. The molecule has 2 rings (SSSR count). The zero-order valence-electron chi connectivity index (χ0n) is 13.6. The summed E-state index contributed by atoms with van der Waals surface area (Å²) in [5, 5.41) is 18.0. The van der Waals surface area contributed by atoms with Gasteiger partial charge in [0, 0.05) is 30.9 Å². The first-order chi connectivity index (χ1) is 10.4. The van der Waals surface area contributed by atoms with E-state index in [1.165, 1.54) is 17.7 Å². The lowest BCUT2D eigenvalue weighted by Gasteiger charge is -2.18. The summed E-state index contributed by atoms with van der Waals surface area (Å²) in [5.74, 6) is -0.287. The van der Waals surface area contributed by atoms with Gasteiger partial charge in [0.15, 0.2) is 0 Å². The Labute approximate surface area is 131 Å². The first kappa shape index (κ1) is 16.6. The van der Waals surface area contributed by atoms with Crippen LogP contribution in [-0.4, -0.2) is 20.9 Å². The molecule has 0 aliphatic carbocycles. The number of aryl methyl sites for hydroxylation is 2. The third kappa shape index (κ3) is 3.93. The highest BCUT2D eigenvalue weighted by atomic mass is 19.1. The van der Waals surface area contributed by atoms with E-state index in [-0.39, 0.29) is 11.9 Å². The van der Waals surface area contributed by atoms with Crippen LogP contribution in [0.25, 0.3) is 0 Å². The second kappa shape index (κ2) is 7.03. The molecule has 0 spiro atoms. The number of hydrogen-bond acceptors (Lipinski definition) is 3. The van der Waals surface area contributed by atoms with Crippen LogP contribution >= 0.6 is 0 Å². The maximum absolute atomic E-state index is 12.9. The highest BCUT2D eigenvalue weighted by Gasteiger charge is 2.14. The Hall–Kier alpha value is -1.72. The quantitative estimate of drug-likeness (QED) is 0.863. The monoisotopic (exact) mass is 305 g/mol. The maximum Gasteiger partial charge on any atom is 0.123 e. The summed E-state index contributed by atoms with van der Waals surface area (Å²) in [7, 11) is 1.94. The molecule has 120 valence electrons. The van der Waals surface area contributed by atoms with Crippen molar-refractivity contribution in [2.75, 3.05) is 0 Å². The molecule has 0 saturated carbocycles. The highest BCUT2D eigenvalue weighted by molar-refractivity contribution is 5.24. The van der Waals surface area contributed by atoms with Crippen molar-refractivity contribution in [3.63, 3.8) is 0 Å². The van der Waals surface area contributed by atoms with E-state index in [0.717, 1.165) is 23.5 Å². The van der Waals surface area contributed by atoms with Gasteiger partial charge in [-0.25, -0.2) is 4.39 Å². The number of rotatable bonds is 6. The van der Waals surface area contributed by atoms with Crippen molar-refractivity contribution in [2.45, 2.75) is 45.9 Å². The van der Waals surface area contributed by atoms with Gasteiger partial charge in [-0.2, -0.15) is 5.10 Å². The van der Waals surface area contributed by atoms with E-state index in [9.17, 15) is 9.50 Å². The Kier molecular flexibility index (Phi) is 5.32. The number of nitrogens with zero attached hydrogens (tertiary/aromatic N) is 2. The molecule has 5 heteroatoms. The van der Waals surface area contributed by atoms with Crippen LogP contribution in [0, 0.1) is 19.7 Å². The molecule has 0 unspecified atom stereocenters. The zero-order valence-corrected chi connectivity index (χ0v) is 13.6. The van der Waals surface area contributed by atoms with Gasteiger partial charge in [-0.15, -0.1) is 0 Å². The minimum atomic E-state index is -0.598. The number of hydrogen-bond donors (Lipinski definition) is 2. The van der Waals surface area contributed by atoms with Gasteiger partial charge in [-0.1, -0.05) is 12.1 Å². The summed E-state index contributed by atoms with van der Waals surface area (Å²) in [6, 6.07) is 6.14. The minimum Gasteiger partial charge on any atom is -0.388 e. The third-order valence-electron chi connectivity index (χ3n) is 4.12. The van der Waals surface area contributed by atoms with Crippen molar-refractivity contribution in [1.29, 1.82) is 0 Å². The van der Waals surface area contributed by atoms with Crippen LogP contribution in [0.15, 0.2) is 24.3 Å². The van der Waals surface area contributed by atoms with Crippen LogP contribution in [-0.2, 0) is 13.6 Å². The fourth-order valence-electron chi connectivity index (χ4n) is 2.59. The Bertz CT molecular complexity index is 622. The van der Waals surface area contributed by atoms with Gasteiger partial charge in [0.25, 0.3) is 0 Å². The molecule has 0 radical (unpaired) electrons. The van der Waals surface area contributed by atoms with Crippen LogP contribution in [0.1, 0.15) is 42.0 Å². The maximum atomic E-state index is 12.9. The average molecular weight is 305 g/mol. The van der Waals surface area contributed by atoms with Gasteiger partial charge in [-0.05, 0) is 44.9 Å². The Morgan fingerprint density at radius 3 is 2.45 bits per heavy atom. The lowest BCUT2D eigenvalue weighted by Crippen LogP contribution is -2.27. The standard InChI is InChI=1S/C17H24FN3O/c1-11(9-17(22)14-5-7-15(18)8-6-14)19-10-16-12(2)20-21(4)13(16)3/h5-8,11,17,19,22H,9-10H2,1-4H3/t11-,17+/m1/s1. The van der Waals surface area contributed by atoms with Crippen LogP contribution in [0.2, 0.25) is 0 Å². The van der Waals surface area contributed by atoms with Gasteiger partial charge in [-0.3, -0.25) is 4.68 Å². The number of benzene rings is 1. The van der Waals surface area contributed by atoms with E-state index in [1.807, 2.05) is 25.6 Å². The molecule has 22 heavy (non-hydrogen) atoms. The Balaban J connectivity index is 1.90. The van der Waals surface area contributed by atoms with E-state index in [1.54, 1.807) is 12.1 Å². The summed E-state index contributed by atoms with van der Waals surface area (Å²) >= 11 is 0. The van der Waals surface area contributed by atoms with E-state index < -0.39 is 6.10 Å². The fraction of sp³-hybridized carbons (Fsp3) is 0.471. The molecule has 1 aromatic heterocycles. The molecule has 1 heterocycles. The number of aliphatic hydroxyl groups excluding tert-OH is 1. The Morgan fingerprint density at radius 2 is 1.91 bits per heavy atom. The summed E-state index contributed by atoms with van der Waals surface area (Å²) in [4.78, 5) is 0. The van der Waals surface area contributed by atoms with E-state index in [2.05, 4.69) is 17.3 Å². The molecule has 2 atom stereocenters. The van der Waals surface area contributed by atoms with E-state index in [0.29, 0.717) is 6.42 Å². The van der Waals surface area contributed by atoms with Crippen molar-refractivity contribution >= 4 is 0 Å². The number of halogens is 1. The molecule has 0 amide bonds. The predicted octanol–water partition coefficient (Wildman–Crippen LogP) is 2.78. The first-order valence-electron chi connectivity index (χ1n) is 7.54. The lowest BCUT2D eigenvalue weighted by atomic mass is 10.0. The molecule has 1 aromatic carbocycles. The predicted molar refractivity (Wildman–Crippen MR) is 85.0 cm³/mol. The van der Waals surface area contributed by atoms with E-state index in [4.69, 9.17) is 0 Å². The largest absolute Gasteiger partial charge is 0.388 e. The lowest BCUT2D eigenvalue weighted by molar-refractivity contribution is 0.153. The third-order valence-corrected chi connectivity index (χ3v) is 4.12. The van der Waals surface area contributed by atoms with Crippen LogP contribution in [0.5, 0.6) is 0 Å². The van der Waals surface area contributed by atoms with Crippen LogP contribution < -0.4 is 5.32 Å². The van der Waals surface area contributed by atoms with Crippen LogP contribution in [0.4, 0.5) is 4.39 Å².